The molecule has 0 aliphatic carbocycles. The molecule has 4 aromatic heterocycles. The molecular formula is C43H39N11O6S. The van der Waals surface area contributed by atoms with Gasteiger partial charge in [-0.15, -0.1) is 5.10 Å². The van der Waals surface area contributed by atoms with Gasteiger partial charge >= 0.3 is 0 Å². The van der Waals surface area contributed by atoms with Crippen molar-refractivity contribution in [1.29, 1.82) is 0 Å². The molecule has 2 unspecified atom stereocenters. The SMILES string of the molecule is CCCc1nc2c(=O)n(CCOc3ccc4nc(C(C)Oc5ccc(CC6SC(=O)NC6=O)cc5)[nH]c4c3)[nH]c(=O)c2n1Cc1ccc(-c2ccccc2-c2nnn[nH]2)cc1. The van der Waals surface area contributed by atoms with Gasteiger partial charge in [0.1, 0.15) is 35.3 Å². The van der Waals surface area contributed by atoms with Crippen LogP contribution in [-0.2, 0) is 30.7 Å². The van der Waals surface area contributed by atoms with Crippen molar-refractivity contribution in [2.45, 2.75) is 57.6 Å². The predicted octanol–water partition coefficient (Wildman–Crippen LogP) is 5.72. The number of nitrogens with zero attached hydrogens (tertiary/aromatic N) is 7. The molecule has 0 bridgehead atoms. The van der Waals surface area contributed by atoms with E-state index in [0.29, 0.717) is 48.4 Å². The molecule has 4 aromatic carbocycles. The summed E-state index contributed by atoms with van der Waals surface area (Å²) < 4.78 is 15.3. The molecule has 8 aromatic rings. The summed E-state index contributed by atoms with van der Waals surface area (Å²) in [5.41, 5.74) is 5.68. The molecule has 4 N–H and O–H groups in total. The highest BCUT2D eigenvalue weighted by Gasteiger charge is 2.31. The van der Waals surface area contributed by atoms with Crippen molar-refractivity contribution in [3.63, 3.8) is 0 Å². The van der Waals surface area contributed by atoms with Crippen molar-refractivity contribution in [3.05, 3.63) is 134 Å². The lowest BCUT2D eigenvalue weighted by Gasteiger charge is -2.13. The van der Waals surface area contributed by atoms with Crippen LogP contribution in [0.15, 0.2) is 101 Å². The van der Waals surface area contributed by atoms with Crippen molar-refractivity contribution in [1.82, 2.24) is 55.2 Å². The van der Waals surface area contributed by atoms with E-state index in [0.717, 1.165) is 57.0 Å². The second-order valence-corrected chi connectivity index (χ2v) is 15.8. The summed E-state index contributed by atoms with van der Waals surface area (Å²) in [6, 6.07) is 28.7. The fraction of sp³-hybridized carbons (Fsp3) is 0.233. The third kappa shape index (κ3) is 8.16. The zero-order valence-corrected chi connectivity index (χ0v) is 33.9. The minimum atomic E-state index is -0.433. The molecule has 0 spiro atoms. The third-order valence-electron chi connectivity index (χ3n) is 10.4. The van der Waals surface area contributed by atoms with Gasteiger partial charge in [0.15, 0.2) is 17.4 Å². The molecule has 0 radical (unpaired) electrons. The number of imidazole rings is 2. The lowest BCUT2D eigenvalue weighted by Crippen LogP contribution is -2.32. The van der Waals surface area contributed by atoms with E-state index in [9.17, 15) is 19.2 Å². The van der Waals surface area contributed by atoms with Gasteiger partial charge in [-0.3, -0.25) is 29.6 Å². The van der Waals surface area contributed by atoms with Gasteiger partial charge in [0.05, 0.1) is 22.8 Å². The highest BCUT2D eigenvalue weighted by molar-refractivity contribution is 8.15. The number of tetrazole rings is 1. The molecule has 9 rings (SSSR count). The molecule has 1 aliphatic rings. The molecule has 18 heteroatoms. The number of amides is 2. The van der Waals surface area contributed by atoms with Crippen LogP contribution in [0.25, 0.3) is 44.6 Å². The number of ether oxygens (including phenoxy) is 2. The van der Waals surface area contributed by atoms with Crippen LogP contribution in [0.4, 0.5) is 4.79 Å². The Bertz CT molecular complexity index is 3010. The Labute approximate surface area is 350 Å². The van der Waals surface area contributed by atoms with Gasteiger partial charge in [0.2, 0.25) is 5.91 Å². The highest BCUT2D eigenvalue weighted by Crippen LogP contribution is 2.31. The molecular weight excluding hydrogens is 799 g/mol. The number of aromatic nitrogens is 10. The average Bonchev–Trinajstić information content (AvgIpc) is 4.08. The van der Waals surface area contributed by atoms with E-state index in [2.05, 4.69) is 41.0 Å². The molecule has 1 aliphatic heterocycles. The number of hydrogen-bond donors (Lipinski definition) is 4. The van der Waals surface area contributed by atoms with E-state index in [1.165, 1.54) is 4.68 Å². The second-order valence-electron chi connectivity index (χ2n) is 14.6. The average molecular weight is 838 g/mol. The minimum Gasteiger partial charge on any atom is -0.492 e. The maximum atomic E-state index is 13.8. The van der Waals surface area contributed by atoms with Crippen LogP contribution in [0.1, 0.15) is 49.1 Å². The summed E-state index contributed by atoms with van der Waals surface area (Å²) in [4.78, 5) is 63.5. The van der Waals surface area contributed by atoms with E-state index >= 15 is 0 Å². The largest absolute Gasteiger partial charge is 0.492 e. The Morgan fingerprint density at radius 1 is 0.885 bits per heavy atom. The predicted molar refractivity (Wildman–Crippen MR) is 228 cm³/mol. The Morgan fingerprint density at radius 2 is 1.66 bits per heavy atom. The van der Waals surface area contributed by atoms with Gasteiger partial charge < -0.3 is 19.0 Å². The lowest BCUT2D eigenvalue weighted by atomic mass is 9.98. The molecule has 0 saturated carbocycles. The molecule has 5 heterocycles. The highest BCUT2D eigenvalue weighted by atomic mass is 32.2. The first kappa shape index (κ1) is 39.1. The Balaban J connectivity index is 0.855. The summed E-state index contributed by atoms with van der Waals surface area (Å²) in [6.45, 7) is 4.47. The molecule has 2 atom stereocenters. The number of hydrogen-bond acceptors (Lipinski definition) is 12. The zero-order valence-electron chi connectivity index (χ0n) is 33.0. The van der Waals surface area contributed by atoms with Crippen LogP contribution < -0.4 is 25.9 Å². The molecule has 61 heavy (non-hydrogen) atoms. The van der Waals surface area contributed by atoms with Crippen molar-refractivity contribution in [2.75, 3.05) is 6.61 Å². The van der Waals surface area contributed by atoms with Gasteiger partial charge in [-0.2, -0.15) is 0 Å². The fourth-order valence-electron chi connectivity index (χ4n) is 7.41. The normalized spacial score (nSPS) is 14.5. The van der Waals surface area contributed by atoms with E-state index in [1.54, 1.807) is 6.07 Å². The van der Waals surface area contributed by atoms with E-state index in [-0.39, 0.29) is 35.3 Å². The topological polar surface area (TPSA) is 220 Å². The maximum absolute atomic E-state index is 13.8. The fourth-order valence-corrected chi connectivity index (χ4v) is 8.27. The molecule has 17 nitrogen and oxygen atoms in total. The zero-order chi connectivity index (χ0) is 42.0. The van der Waals surface area contributed by atoms with Crippen LogP contribution in [0.2, 0.25) is 0 Å². The second kappa shape index (κ2) is 16.7. The summed E-state index contributed by atoms with van der Waals surface area (Å²) in [6.07, 6.45) is 1.41. The van der Waals surface area contributed by atoms with Crippen molar-refractivity contribution >= 4 is 45.0 Å². The van der Waals surface area contributed by atoms with Gasteiger partial charge in [-0.1, -0.05) is 79.3 Å². The van der Waals surface area contributed by atoms with E-state index in [1.807, 2.05) is 103 Å². The summed E-state index contributed by atoms with van der Waals surface area (Å²) >= 11 is 1.00. The van der Waals surface area contributed by atoms with Crippen molar-refractivity contribution in [3.8, 4) is 34.0 Å². The number of benzene rings is 4. The third-order valence-corrected chi connectivity index (χ3v) is 11.4. The summed E-state index contributed by atoms with van der Waals surface area (Å²) in [5, 5.41) is 18.6. The summed E-state index contributed by atoms with van der Waals surface area (Å²) in [5.74, 6) is 2.77. The van der Waals surface area contributed by atoms with Crippen LogP contribution >= 0.6 is 11.8 Å². The van der Waals surface area contributed by atoms with Crippen LogP contribution in [-0.4, -0.2) is 72.9 Å². The van der Waals surface area contributed by atoms with E-state index < -0.39 is 22.5 Å². The van der Waals surface area contributed by atoms with Crippen molar-refractivity contribution in [2.24, 2.45) is 0 Å². The first-order chi connectivity index (χ1) is 29.7. The smallest absolute Gasteiger partial charge is 0.293 e. The molecule has 1 fully saturated rings. The van der Waals surface area contributed by atoms with Crippen LogP contribution in [0.3, 0.4) is 0 Å². The molecule has 2 amide bonds. The van der Waals surface area contributed by atoms with E-state index in [4.69, 9.17) is 14.5 Å². The van der Waals surface area contributed by atoms with Gasteiger partial charge in [0.25, 0.3) is 16.4 Å². The standard InChI is InChI=1S/C43H39N11O6S/c1-3-6-35-46-36-37(53(35)23-26-9-13-27(14-10-26)30-7-4-5-8-31(30)39-48-51-52-49-39)41(56)50-54(42(36)57)19-20-59-29-17-18-32-33(22-29)45-38(44-32)24(2)60-28-15-11-25(12-16-28)21-34-40(55)47-43(58)61-34/h4-5,7-18,22,24,34H,3,6,19-21,23H2,1-2H3,(H,44,45)(H,50,56)(H,47,55,58)(H,48,49,51,52). The van der Waals surface area contributed by atoms with Gasteiger partial charge in [-0.25, -0.2) is 19.7 Å². The van der Waals surface area contributed by atoms with Gasteiger partial charge in [0, 0.05) is 24.6 Å². The summed E-state index contributed by atoms with van der Waals surface area (Å²) in [7, 11) is 0. The Kier molecular flexibility index (Phi) is 10.7. The number of imide groups is 1. The first-order valence-electron chi connectivity index (χ1n) is 19.7. The number of carbonyl (C=O) groups excluding carboxylic acids is 2. The number of carbonyl (C=O) groups is 2. The number of fused-ring (bicyclic) bond motifs is 2. The number of aromatic amines is 3. The Morgan fingerprint density at radius 3 is 2.39 bits per heavy atom. The number of thioether (sulfide) groups is 1. The number of H-pyrrole nitrogens is 3. The Hall–Kier alpha value is -7.34. The maximum Gasteiger partial charge on any atom is 0.293 e. The molecule has 1 saturated heterocycles. The quantitative estimate of drug-likeness (QED) is 0.0974. The number of nitrogens with one attached hydrogen (secondary N) is 4. The van der Waals surface area contributed by atoms with Crippen molar-refractivity contribution < 1.29 is 19.1 Å². The van der Waals surface area contributed by atoms with Crippen LogP contribution in [0.5, 0.6) is 11.5 Å². The first-order valence-corrected chi connectivity index (χ1v) is 20.6. The molecule has 308 valence electrons. The van der Waals surface area contributed by atoms with Gasteiger partial charge in [-0.05, 0) is 76.7 Å². The number of aryl methyl sites for hydroxylation is 1. The lowest BCUT2D eigenvalue weighted by molar-refractivity contribution is -0.118. The minimum absolute atomic E-state index is 0.0911. The monoisotopic (exact) mass is 837 g/mol. The number of rotatable bonds is 15. The van der Waals surface area contributed by atoms with Crippen LogP contribution in [0, 0.1) is 0 Å².